The molecule has 0 amide bonds. The Bertz CT molecular complexity index is 333. The lowest BCUT2D eigenvalue weighted by Crippen LogP contribution is -2.38. The molecule has 1 fully saturated rings. The van der Waals surface area contributed by atoms with Crippen LogP contribution in [0.15, 0.2) is 12.3 Å². The number of aromatic nitrogens is 2. The molecule has 1 aliphatic heterocycles. The summed E-state index contributed by atoms with van der Waals surface area (Å²) in [5, 5.41) is 4.19. The Hall–Kier alpha value is -1.03. The van der Waals surface area contributed by atoms with Gasteiger partial charge in [-0.05, 0) is 37.4 Å². The van der Waals surface area contributed by atoms with Gasteiger partial charge in [0.25, 0.3) is 0 Å². The fourth-order valence-corrected chi connectivity index (χ4v) is 2.13. The molecule has 0 aliphatic carbocycles. The molecule has 0 saturated carbocycles. The molecular formula is C12H22N4. The van der Waals surface area contributed by atoms with Crippen LogP contribution in [0, 0.1) is 5.41 Å². The fraction of sp³-hybridized carbons (Fsp3) is 0.750. The van der Waals surface area contributed by atoms with E-state index in [9.17, 15) is 0 Å². The van der Waals surface area contributed by atoms with Crippen molar-refractivity contribution in [2.45, 2.75) is 33.2 Å². The van der Waals surface area contributed by atoms with E-state index in [1.807, 2.05) is 16.9 Å². The van der Waals surface area contributed by atoms with Gasteiger partial charge in [0.1, 0.15) is 5.82 Å². The molecule has 1 aliphatic rings. The van der Waals surface area contributed by atoms with Gasteiger partial charge in [-0.1, -0.05) is 13.8 Å². The van der Waals surface area contributed by atoms with E-state index in [-0.39, 0.29) is 0 Å². The third-order valence-electron chi connectivity index (χ3n) is 3.52. The lowest BCUT2D eigenvalue weighted by molar-refractivity contribution is 0.128. The first kappa shape index (κ1) is 11.5. The Morgan fingerprint density at radius 3 is 2.56 bits per heavy atom. The molecule has 1 aromatic rings. The van der Waals surface area contributed by atoms with Gasteiger partial charge in [-0.15, -0.1) is 0 Å². The van der Waals surface area contributed by atoms with E-state index in [0.717, 1.165) is 13.1 Å². The van der Waals surface area contributed by atoms with Crippen LogP contribution >= 0.6 is 0 Å². The van der Waals surface area contributed by atoms with E-state index in [1.54, 1.807) is 0 Å². The molecule has 1 aromatic heterocycles. The molecule has 2 N–H and O–H groups in total. The second-order valence-electron chi connectivity index (χ2n) is 5.51. The van der Waals surface area contributed by atoms with Crippen LogP contribution in [0.1, 0.15) is 26.7 Å². The Morgan fingerprint density at radius 2 is 2.00 bits per heavy atom. The van der Waals surface area contributed by atoms with Crippen molar-refractivity contribution in [3.8, 4) is 0 Å². The van der Waals surface area contributed by atoms with E-state index >= 15 is 0 Å². The number of nitrogens with zero attached hydrogens (tertiary/aromatic N) is 3. The Balaban J connectivity index is 1.75. The fourth-order valence-electron chi connectivity index (χ4n) is 2.13. The SMILES string of the molecule is CC1(C)CCN(CCn2ccc(N)n2)CC1. The predicted octanol–water partition coefficient (Wildman–Crippen LogP) is 1.59. The van der Waals surface area contributed by atoms with Crippen LogP contribution in [0.2, 0.25) is 0 Å². The van der Waals surface area contributed by atoms with Crippen LogP contribution in [0.25, 0.3) is 0 Å². The minimum absolute atomic E-state index is 0.534. The third kappa shape index (κ3) is 2.98. The number of hydrogen-bond donors (Lipinski definition) is 1. The van der Waals surface area contributed by atoms with Crippen molar-refractivity contribution in [3.63, 3.8) is 0 Å². The average Bonchev–Trinajstić information content (AvgIpc) is 2.63. The number of nitrogen functional groups attached to an aromatic ring is 1. The van der Waals surface area contributed by atoms with Gasteiger partial charge in [0, 0.05) is 12.7 Å². The quantitative estimate of drug-likeness (QED) is 0.844. The van der Waals surface area contributed by atoms with Crippen LogP contribution in [-0.4, -0.2) is 34.3 Å². The molecular weight excluding hydrogens is 200 g/mol. The van der Waals surface area contributed by atoms with Crippen molar-refractivity contribution in [2.24, 2.45) is 5.41 Å². The van der Waals surface area contributed by atoms with E-state index in [0.29, 0.717) is 11.2 Å². The molecule has 1 saturated heterocycles. The van der Waals surface area contributed by atoms with E-state index in [2.05, 4.69) is 23.8 Å². The summed E-state index contributed by atoms with van der Waals surface area (Å²) in [5.41, 5.74) is 6.11. The second kappa shape index (κ2) is 4.45. The Morgan fingerprint density at radius 1 is 1.31 bits per heavy atom. The van der Waals surface area contributed by atoms with Crippen molar-refractivity contribution in [3.05, 3.63) is 12.3 Å². The summed E-state index contributed by atoms with van der Waals surface area (Å²) >= 11 is 0. The zero-order chi connectivity index (χ0) is 11.6. The van der Waals surface area contributed by atoms with Gasteiger partial charge >= 0.3 is 0 Å². The molecule has 0 spiro atoms. The van der Waals surface area contributed by atoms with E-state index < -0.39 is 0 Å². The molecule has 2 rings (SSSR count). The number of anilines is 1. The van der Waals surface area contributed by atoms with Gasteiger partial charge in [-0.3, -0.25) is 4.68 Å². The maximum atomic E-state index is 5.58. The average molecular weight is 222 g/mol. The number of hydrogen-bond acceptors (Lipinski definition) is 3. The molecule has 2 heterocycles. The molecule has 0 atom stereocenters. The van der Waals surface area contributed by atoms with Gasteiger partial charge in [0.05, 0.1) is 6.54 Å². The minimum Gasteiger partial charge on any atom is -0.382 e. The smallest absolute Gasteiger partial charge is 0.145 e. The summed E-state index contributed by atoms with van der Waals surface area (Å²) in [7, 11) is 0. The van der Waals surface area contributed by atoms with Crippen molar-refractivity contribution in [2.75, 3.05) is 25.4 Å². The van der Waals surface area contributed by atoms with Crippen LogP contribution in [0.5, 0.6) is 0 Å². The number of piperidine rings is 1. The van der Waals surface area contributed by atoms with Crippen molar-refractivity contribution in [1.29, 1.82) is 0 Å². The minimum atomic E-state index is 0.534. The maximum Gasteiger partial charge on any atom is 0.145 e. The van der Waals surface area contributed by atoms with Crippen molar-refractivity contribution >= 4 is 5.82 Å². The van der Waals surface area contributed by atoms with E-state index in [1.165, 1.54) is 25.9 Å². The molecule has 0 radical (unpaired) electrons. The highest BCUT2D eigenvalue weighted by atomic mass is 15.3. The zero-order valence-corrected chi connectivity index (χ0v) is 10.3. The molecule has 0 bridgehead atoms. The second-order valence-corrected chi connectivity index (χ2v) is 5.51. The highest BCUT2D eigenvalue weighted by molar-refractivity contribution is 5.23. The summed E-state index contributed by atoms with van der Waals surface area (Å²) in [6.45, 7) is 9.17. The highest BCUT2D eigenvalue weighted by Crippen LogP contribution is 2.29. The number of rotatable bonds is 3. The van der Waals surface area contributed by atoms with Gasteiger partial charge in [0.2, 0.25) is 0 Å². The lowest BCUT2D eigenvalue weighted by atomic mass is 9.83. The monoisotopic (exact) mass is 222 g/mol. The number of nitrogens with two attached hydrogens (primary N) is 1. The first-order valence-corrected chi connectivity index (χ1v) is 6.06. The standard InChI is InChI=1S/C12H22N4/c1-12(2)4-7-15(8-5-12)9-10-16-6-3-11(13)14-16/h3,6H,4-5,7-10H2,1-2H3,(H2,13,14). The molecule has 4 heteroatoms. The topological polar surface area (TPSA) is 47.1 Å². The lowest BCUT2D eigenvalue weighted by Gasteiger charge is -2.36. The summed E-state index contributed by atoms with van der Waals surface area (Å²) in [4.78, 5) is 2.52. The molecule has 16 heavy (non-hydrogen) atoms. The predicted molar refractivity (Wildman–Crippen MR) is 66.1 cm³/mol. The van der Waals surface area contributed by atoms with Crippen LogP contribution in [-0.2, 0) is 6.54 Å². The van der Waals surface area contributed by atoms with Gasteiger partial charge < -0.3 is 10.6 Å². The summed E-state index contributed by atoms with van der Waals surface area (Å²) in [6, 6.07) is 1.85. The largest absolute Gasteiger partial charge is 0.382 e. The van der Waals surface area contributed by atoms with Crippen LogP contribution in [0.4, 0.5) is 5.82 Å². The van der Waals surface area contributed by atoms with Gasteiger partial charge in [0.15, 0.2) is 0 Å². The normalized spacial score (nSPS) is 21.1. The maximum absolute atomic E-state index is 5.58. The Labute approximate surface area is 97.4 Å². The summed E-state index contributed by atoms with van der Waals surface area (Å²) in [5.74, 6) is 0.611. The summed E-state index contributed by atoms with van der Waals surface area (Å²) in [6.07, 6.45) is 4.55. The van der Waals surface area contributed by atoms with Crippen molar-refractivity contribution < 1.29 is 0 Å². The third-order valence-corrected chi connectivity index (χ3v) is 3.52. The van der Waals surface area contributed by atoms with Crippen molar-refractivity contribution in [1.82, 2.24) is 14.7 Å². The molecule has 4 nitrogen and oxygen atoms in total. The van der Waals surface area contributed by atoms with Gasteiger partial charge in [-0.25, -0.2) is 0 Å². The van der Waals surface area contributed by atoms with E-state index in [4.69, 9.17) is 5.73 Å². The summed E-state index contributed by atoms with van der Waals surface area (Å²) < 4.78 is 1.93. The van der Waals surface area contributed by atoms with Crippen LogP contribution in [0.3, 0.4) is 0 Å². The first-order chi connectivity index (χ1) is 7.55. The number of likely N-dealkylation sites (tertiary alicyclic amines) is 1. The highest BCUT2D eigenvalue weighted by Gasteiger charge is 2.24. The molecule has 0 unspecified atom stereocenters. The van der Waals surface area contributed by atoms with Crippen LogP contribution < -0.4 is 5.73 Å². The first-order valence-electron chi connectivity index (χ1n) is 6.06. The zero-order valence-electron chi connectivity index (χ0n) is 10.3. The van der Waals surface area contributed by atoms with Gasteiger partial charge in [-0.2, -0.15) is 5.10 Å². The molecule has 0 aromatic carbocycles. The molecule has 90 valence electrons. The Kier molecular flexibility index (Phi) is 3.19.